The Morgan fingerprint density at radius 2 is 2.10 bits per heavy atom. The molecule has 0 heterocycles. The monoisotopic (exact) mass is 177 g/mol. The molecule has 0 aliphatic heterocycles. The van der Waals surface area contributed by atoms with Crippen molar-refractivity contribution in [1.29, 1.82) is 0 Å². The third-order valence-corrected chi connectivity index (χ3v) is 1.76. The molecule has 0 aromatic heterocycles. The topological polar surface area (TPSA) is 61.5 Å². The normalized spacial score (nSPS) is 15.5. The molecular formula is C4H13NNaO3P. The number of hydrogen-bond donors (Lipinski definition) is 1. The number of nitrogens with two attached hydrogens (primary N) is 1. The molecule has 0 aliphatic carbocycles. The van der Waals surface area contributed by atoms with Crippen molar-refractivity contribution in [1.82, 2.24) is 0 Å². The Morgan fingerprint density at radius 1 is 1.60 bits per heavy atom. The molecule has 0 aromatic carbocycles. The van der Waals surface area contributed by atoms with Gasteiger partial charge in [0.2, 0.25) is 0 Å². The van der Waals surface area contributed by atoms with Crippen LogP contribution in [0.3, 0.4) is 0 Å². The van der Waals surface area contributed by atoms with Gasteiger partial charge < -0.3 is 4.52 Å². The van der Waals surface area contributed by atoms with Gasteiger partial charge in [-0.2, -0.15) is 0 Å². The van der Waals surface area contributed by atoms with Gasteiger partial charge >= 0.3 is 37.2 Å². The summed E-state index contributed by atoms with van der Waals surface area (Å²) in [5.41, 5.74) is 0. The van der Waals surface area contributed by atoms with E-state index < -0.39 is 7.60 Å². The summed E-state index contributed by atoms with van der Waals surface area (Å²) < 4.78 is 19.6. The molecule has 0 aliphatic rings. The van der Waals surface area contributed by atoms with Crippen LogP contribution in [0.2, 0.25) is 0 Å². The van der Waals surface area contributed by atoms with E-state index >= 15 is 0 Å². The minimum atomic E-state index is -2.91. The van der Waals surface area contributed by atoms with Crippen LogP contribution in [0.4, 0.5) is 0 Å². The summed E-state index contributed by atoms with van der Waals surface area (Å²) in [7, 11) is -2.91. The van der Waals surface area contributed by atoms with Gasteiger partial charge in [-0.1, -0.05) is 6.92 Å². The zero-order chi connectivity index (χ0) is 7.33. The molecule has 1 unspecified atom stereocenters. The summed E-state index contributed by atoms with van der Waals surface area (Å²) >= 11 is 0. The van der Waals surface area contributed by atoms with Gasteiger partial charge in [0, 0.05) is 6.66 Å². The second kappa shape index (κ2) is 6.80. The van der Waals surface area contributed by atoms with Crippen molar-refractivity contribution in [2.24, 2.45) is 5.90 Å². The van der Waals surface area contributed by atoms with Crippen LogP contribution in [0.15, 0.2) is 0 Å². The predicted octanol–water partition coefficient (Wildman–Crippen LogP) is 0.478. The molecular weight excluding hydrogens is 164 g/mol. The first-order valence-corrected chi connectivity index (χ1v) is 4.72. The van der Waals surface area contributed by atoms with E-state index in [4.69, 9.17) is 4.52 Å². The van der Waals surface area contributed by atoms with Crippen molar-refractivity contribution in [2.45, 2.75) is 13.3 Å². The van der Waals surface area contributed by atoms with Crippen LogP contribution < -0.4 is 5.90 Å². The zero-order valence-electron chi connectivity index (χ0n) is 5.66. The Hall–Kier alpha value is 1.11. The number of hydrogen-bond acceptors (Lipinski definition) is 4. The Kier molecular flexibility index (Phi) is 9.30. The van der Waals surface area contributed by atoms with Gasteiger partial charge in [-0.3, -0.25) is 4.57 Å². The molecule has 0 saturated heterocycles. The predicted molar refractivity (Wildman–Crippen MR) is 42.2 cm³/mol. The fraction of sp³-hybridized carbons (Fsp3) is 1.00. The van der Waals surface area contributed by atoms with Crippen LogP contribution >= 0.6 is 7.60 Å². The molecule has 0 saturated carbocycles. The average molecular weight is 177 g/mol. The van der Waals surface area contributed by atoms with Gasteiger partial charge in [-0.05, 0) is 6.42 Å². The van der Waals surface area contributed by atoms with E-state index in [1.807, 2.05) is 6.92 Å². The fourth-order valence-corrected chi connectivity index (χ4v) is 0.863. The summed E-state index contributed by atoms with van der Waals surface area (Å²) in [6, 6.07) is 0. The van der Waals surface area contributed by atoms with E-state index in [9.17, 15) is 4.57 Å². The molecule has 0 bridgehead atoms. The van der Waals surface area contributed by atoms with Crippen LogP contribution in [0.25, 0.3) is 0 Å². The van der Waals surface area contributed by atoms with E-state index in [0.29, 0.717) is 6.61 Å². The van der Waals surface area contributed by atoms with Crippen molar-refractivity contribution >= 4 is 37.2 Å². The first-order chi connectivity index (χ1) is 4.12. The molecule has 2 N–H and O–H groups in total. The van der Waals surface area contributed by atoms with E-state index in [1.54, 1.807) is 0 Å². The summed E-state index contributed by atoms with van der Waals surface area (Å²) in [5, 5.41) is 0. The number of rotatable bonds is 4. The van der Waals surface area contributed by atoms with Gasteiger partial charge in [-0.15, -0.1) is 0 Å². The van der Waals surface area contributed by atoms with Crippen LogP contribution in [0.1, 0.15) is 13.3 Å². The molecule has 0 rings (SSSR count). The van der Waals surface area contributed by atoms with Crippen LogP contribution in [-0.2, 0) is 13.7 Å². The quantitative estimate of drug-likeness (QED) is 0.385. The molecule has 10 heavy (non-hydrogen) atoms. The zero-order valence-corrected chi connectivity index (χ0v) is 6.56. The Morgan fingerprint density at radius 3 is 2.40 bits per heavy atom. The van der Waals surface area contributed by atoms with Crippen LogP contribution in [-0.4, -0.2) is 42.8 Å². The molecule has 0 aromatic rings. The SMILES string of the molecule is CCCOP(C)(=O)ON.[NaH]. The van der Waals surface area contributed by atoms with E-state index in [1.165, 1.54) is 6.66 Å². The molecule has 1 atom stereocenters. The minimum absolute atomic E-state index is 0. The maximum absolute atomic E-state index is 10.8. The van der Waals surface area contributed by atoms with Gasteiger partial charge in [-0.25, -0.2) is 10.5 Å². The average Bonchev–Trinajstić information content (AvgIpc) is 1.84. The first-order valence-electron chi connectivity index (χ1n) is 2.73. The molecule has 0 amide bonds. The van der Waals surface area contributed by atoms with Gasteiger partial charge in [0.05, 0.1) is 6.61 Å². The first kappa shape index (κ1) is 13.7. The van der Waals surface area contributed by atoms with Crippen LogP contribution in [0, 0.1) is 0 Å². The Bertz CT molecular complexity index is 121. The third-order valence-electron chi connectivity index (χ3n) is 0.721. The van der Waals surface area contributed by atoms with Crippen molar-refractivity contribution < 1.29 is 13.7 Å². The fourth-order valence-electron chi connectivity index (χ4n) is 0.288. The van der Waals surface area contributed by atoms with E-state index in [2.05, 4.69) is 10.5 Å². The maximum atomic E-state index is 10.8. The molecule has 4 nitrogen and oxygen atoms in total. The second-order valence-electron chi connectivity index (χ2n) is 1.71. The van der Waals surface area contributed by atoms with E-state index in [0.717, 1.165) is 6.42 Å². The summed E-state index contributed by atoms with van der Waals surface area (Å²) in [5.74, 6) is 4.66. The van der Waals surface area contributed by atoms with Crippen molar-refractivity contribution in [3.63, 3.8) is 0 Å². The van der Waals surface area contributed by atoms with Gasteiger partial charge in [0.1, 0.15) is 0 Å². The molecule has 6 heteroatoms. The molecule has 58 valence electrons. The van der Waals surface area contributed by atoms with Crippen LogP contribution in [0.5, 0.6) is 0 Å². The molecule has 0 radical (unpaired) electrons. The Balaban J connectivity index is 0. The molecule has 0 fully saturated rings. The van der Waals surface area contributed by atoms with E-state index in [-0.39, 0.29) is 29.6 Å². The molecule has 0 spiro atoms. The van der Waals surface area contributed by atoms with Crippen molar-refractivity contribution in [3.05, 3.63) is 0 Å². The van der Waals surface area contributed by atoms with Crippen molar-refractivity contribution in [3.8, 4) is 0 Å². The Labute approximate surface area is 83.2 Å². The standard InChI is InChI=1S/C4H12NO3P.Na.H/c1-3-4-7-9(2,6)8-5;;/h3-5H2,1-2H3;;. The summed E-state index contributed by atoms with van der Waals surface area (Å²) in [4.78, 5) is 0. The second-order valence-corrected chi connectivity index (χ2v) is 3.72. The van der Waals surface area contributed by atoms with Crippen molar-refractivity contribution in [2.75, 3.05) is 13.3 Å². The summed E-state index contributed by atoms with van der Waals surface area (Å²) in [6.45, 7) is 3.67. The van der Waals surface area contributed by atoms with Gasteiger partial charge in [0.25, 0.3) is 0 Å². The van der Waals surface area contributed by atoms with Gasteiger partial charge in [0.15, 0.2) is 0 Å². The third kappa shape index (κ3) is 7.22. The summed E-state index contributed by atoms with van der Waals surface area (Å²) in [6.07, 6.45) is 0.807.